The van der Waals surface area contributed by atoms with Gasteiger partial charge in [0.1, 0.15) is 12.4 Å². The molecule has 2 amide bonds. The second-order valence-electron chi connectivity index (χ2n) is 5.81. The number of carbonyl (C=O) groups excluding carboxylic acids is 2. The Bertz CT molecular complexity index is 534. The monoisotopic (exact) mass is 309 g/mol. The Morgan fingerprint density at radius 1 is 1.27 bits per heavy atom. The van der Waals surface area contributed by atoms with E-state index in [1.165, 1.54) is 4.90 Å². The minimum Gasteiger partial charge on any atom is -0.469 e. The summed E-state index contributed by atoms with van der Waals surface area (Å²) in [6, 6.07) is 3.34. The molecule has 2 aliphatic heterocycles. The van der Waals surface area contributed by atoms with Gasteiger partial charge in [0.2, 0.25) is 0 Å². The Labute approximate surface area is 128 Å². The summed E-state index contributed by atoms with van der Waals surface area (Å²) in [6.45, 7) is 1.71. The zero-order chi connectivity index (χ0) is 15.5. The largest absolute Gasteiger partial charge is 0.469 e. The number of likely N-dealkylation sites (tertiary alicyclic amines) is 1. The van der Waals surface area contributed by atoms with E-state index in [1.54, 1.807) is 11.2 Å². The third kappa shape index (κ3) is 2.99. The molecule has 0 bridgehead atoms. The van der Waals surface area contributed by atoms with Crippen LogP contribution in [0, 0.1) is 0 Å². The van der Waals surface area contributed by atoms with E-state index in [2.05, 4.69) is 5.32 Å². The number of alkyl halides is 1. The summed E-state index contributed by atoms with van der Waals surface area (Å²) < 4.78 is 18.1. The van der Waals surface area contributed by atoms with Crippen LogP contribution in [-0.2, 0) is 9.59 Å². The number of carbonyl (C=O) groups is 2. The number of piperazine rings is 1. The summed E-state index contributed by atoms with van der Waals surface area (Å²) in [5.74, 6) is -0.0237. The number of hydrogen-bond acceptors (Lipinski definition) is 4. The molecule has 120 valence electrons. The maximum absolute atomic E-state index is 12.7. The zero-order valence-electron chi connectivity index (χ0n) is 12.3. The smallest absolute Gasteiger partial charge is 0.312 e. The lowest BCUT2D eigenvalue weighted by Crippen LogP contribution is -2.56. The normalized spacial score (nSPS) is 25.5. The molecule has 0 radical (unpaired) electrons. The lowest BCUT2D eigenvalue weighted by atomic mass is 10.1. The van der Waals surface area contributed by atoms with Crippen molar-refractivity contribution in [2.45, 2.75) is 18.4 Å². The Morgan fingerprint density at radius 3 is 2.73 bits per heavy atom. The minimum atomic E-state index is -0.539. The van der Waals surface area contributed by atoms with Gasteiger partial charge in [-0.05, 0) is 18.6 Å². The highest BCUT2D eigenvalue weighted by atomic mass is 19.1. The van der Waals surface area contributed by atoms with E-state index in [0.717, 1.165) is 12.2 Å². The lowest BCUT2D eigenvalue weighted by Gasteiger charge is -2.32. The van der Waals surface area contributed by atoms with Crippen molar-refractivity contribution in [3.63, 3.8) is 0 Å². The highest BCUT2D eigenvalue weighted by Crippen LogP contribution is 2.27. The SMILES string of the molecule is O=C(C(=O)N1CCC(c2ccco2)C1)N1CCNC(CF)C1. The van der Waals surface area contributed by atoms with Gasteiger partial charge in [-0.15, -0.1) is 0 Å². The van der Waals surface area contributed by atoms with Crippen LogP contribution in [0.15, 0.2) is 22.8 Å². The Hall–Kier alpha value is -1.89. The maximum Gasteiger partial charge on any atom is 0.312 e. The van der Waals surface area contributed by atoms with Crippen molar-refractivity contribution >= 4 is 11.8 Å². The van der Waals surface area contributed by atoms with Crippen LogP contribution in [0.1, 0.15) is 18.1 Å². The van der Waals surface area contributed by atoms with Crippen molar-refractivity contribution in [2.75, 3.05) is 39.4 Å². The zero-order valence-corrected chi connectivity index (χ0v) is 12.3. The minimum absolute atomic E-state index is 0.147. The first-order valence-corrected chi connectivity index (χ1v) is 7.60. The lowest BCUT2D eigenvalue weighted by molar-refractivity contribution is -0.152. The molecular formula is C15H20FN3O3. The van der Waals surface area contributed by atoms with Crippen LogP contribution in [0.4, 0.5) is 4.39 Å². The van der Waals surface area contributed by atoms with Gasteiger partial charge in [0.15, 0.2) is 0 Å². The molecule has 0 aromatic carbocycles. The molecule has 1 aromatic rings. The molecule has 3 rings (SSSR count). The Kier molecular flexibility index (Phi) is 4.42. The molecule has 0 saturated carbocycles. The molecule has 0 spiro atoms. The topological polar surface area (TPSA) is 65.8 Å². The fourth-order valence-corrected chi connectivity index (χ4v) is 3.08. The van der Waals surface area contributed by atoms with Crippen LogP contribution in [0.25, 0.3) is 0 Å². The number of rotatable bonds is 2. The first-order valence-electron chi connectivity index (χ1n) is 7.60. The summed E-state index contributed by atoms with van der Waals surface area (Å²) in [6.07, 6.45) is 2.41. The average Bonchev–Trinajstić information content (AvgIpc) is 3.24. The fourth-order valence-electron chi connectivity index (χ4n) is 3.08. The van der Waals surface area contributed by atoms with E-state index in [1.807, 2.05) is 12.1 Å². The highest BCUT2D eigenvalue weighted by molar-refractivity contribution is 6.35. The first-order chi connectivity index (χ1) is 10.7. The summed E-state index contributed by atoms with van der Waals surface area (Å²) in [5, 5.41) is 2.98. The van der Waals surface area contributed by atoms with E-state index in [9.17, 15) is 14.0 Å². The van der Waals surface area contributed by atoms with E-state index < -0.39 is 18.5 Å². The van der Waals surface area contributed by atoms with Crippen LogP contribution in [0.3, 0.4) is 0 Å². The average molecular weight is 309 g/mol. The van der Waals surface area contributed by atoms with E-state index >= 15 is 0 Å². The van der Waals surface area contributed by atoms with E-state index in [4.69, 9.17) is 4.42 Å². The quantitative estimate of drug-likeness (QED) is 0.802. The molecule has 2 aliphatic rings. The first kappa shape index (κ1) is 15.0. The molecule has 1 aromatic heterocycles. The molecule has 3 heterocycles. The molecular weight excluding hydrogens is 289 g/mol. The van der Waals surface area contributed by atoms with Crippen molar-refractivity contribution in [2.24, 2.45) is 0 Å². The predicted octanol–water partition coefficient (Wildman–Crippen LogP) is 0.365. The van der Waals surface area contributed by atoms with Gasteiger partial charge in [0, 0.05) is 38.6 Å². The number of hydrogen-bond donors (Lipinski definition) is 1. The van der Waals surface area contributed by atoms with Crippen molar-refractivity contribution in [1.29, 1.82) is 0 Å². The Morgan fingerprint density at radius 2 is 2.05 bits per heavy atom. The van der Waals surface area contributed by atoms with E-state index in [0.29, 0.717) is 26.2 Å². The van der Waals surface area contributed by atoms with Gasteiger partial charge in [0.25, 0.3) is 0 Å². The summed E-state index contributed by atoms with van der Waals surface area (Å²) in [7, 11) is 0. The van der Waals surface area contributed by atoms with Crippen molar-refractivity contribution in [3.8, 4) is 0 Å². The van der Waals surface area contributed by atoms with Crippen LogP contribution in [0.2, 0.25) is 0 Å². The van der Waals surface area contributed by atoms with Crippen molar-refractivity contribution in [1.82, 2.24) is 15.1 Å². The van der Waals surface area contributed by atoms with Gasteiger partial charge >= 0.3 is 11.8 Å². The molecule has 6 nitrogen and oxygen atoms in total. The molecule has 2 atom stereocenters. The summed E-state index contributed by atoms with van der Waals surface area (Å²) in [5.41, 5.74) is 0. The number of nitrogens with zero attached hydrogens (tertiary/aromatic N) is 2. The molecule has 7 heteroatoms. The van der Waals surface area contributed by atoms with Gasteiger partial charge < -0.3 is 19.5 Å². The van der Waals surface area contributed by atoms with Gasteiger partial charge in [-0.2, -0.15) is 0 Å². The Balaban J connectivity index is 1.58. The van der Waals surface area contributed by atoms with Gasteiger partial charge in [-0.3, -0.25) is 9.59 Å². The second-order valence-corrected chi connectivity index (χ2v) is 5.81. The van der Waals surface area contributed by atoms with E-state index in [-0.39, 0.29) is 18.5 Å². The highest BCUT2D eigenvalue weighted by Gasteiger charge is 2.35. The van der Waals surface area contributed by atoms with Crippen LogP contribution >= 0.6 is 0 Å². The number of amides is 2. The summed E-state index contributed by atoms with van der Waals surface area (Å²) in [4.78, 5) is 27.7. The van der Waals surface area contributed by atoms with Crippen LogP contribution < -0.4 is 5.32 Å². The third-order valence-electron chi connectivity index (χ3n) is 4.33. The molecule has 2 fully saturated rings. The molecule has 22 heavy (non-hydrogen) atoms. The molecule has 0 aliphatic carbocycles. The fraction of sp³-hybridized carbons (Fsp3) is 0.600. The second kappa shape index (κ2) is 6.48. The van der Waals surface area contributed by atoms with Crippen molar-refractivity contribution < 1.29 is 18.4 Å². The van der Waals surface area contributed by atoms with Gasteiger partial charge in [-0.25, -0.2) is 4.39 Å². The van der Waals surface area contributed by atoms with Gasteiger partial charge in [-0.1, -0.05) is 0 Å². The number of halogens is 1. The maximum atomic E-state index is 12.7. The summed E-state index contributed by atoms with van der Waals surface area (Å²) >= 11 is 0. The number of furan rings is 1. The molecule has 1 N–H and O–H groups in total. The molecule has 2 saturated heterocycles. The molecule has 2 unspecified atom stereocenters. The van der Waals surface area contributed by atoms with Crippen LogP contribution in [-0.4, -0.2) is 67.1 Å². The van der Waals surface area contributed by atoms with Crippen molar-refractivity contribution in [3.05, 3.63) is 24.2 Å². The predicted molar refractivity (Wildman–Crippen MR) is 77.0 cm³/mol. The third-order valence-corrected chi connectivity index (χ3v) is 4.33. The standard InChI is InChI=1S/C15H20FN3O3/c16-8-12-10-19(6-4-17-12)15(21)14(20)18-5-3-11(9-18)13-2-1-7-22-13/h1-2,7,11-12,17H,3-6,8-10H2. The van der Waals surface area contributed by atoms with Crippen LogP contribution in [0.5, 0.6) is 0 Å². The number of nitrogens with one attached hydrogen (secondary N) is 1. The van der Waals surface area contributed by atoms with Gasteiger partial charge in [0.05, 0.1) is 12.3 Å².